The molecule has 1 aromatic rings. The molecule has 1 atom stereocenters. The fraction of sp³-hybridized carbons (Fsp3) is 0.600. The largest absolute Gasteiger partial charge is 0.416 e. The molecule has 2 heterocycles. The number of carbonyl (C=O) groups is 2. The van der Waals surface area contributed by atoms with Gasteiger partial charge in [0.2, 0.25) is 11.8 Å². The molecule has 0 spiro atoms. The van der Waals surface area contributed by atoms with Crippen LogP contribution in [0.3, 0.4) is 0 Å². The van der Waals surface area contributed by atoms with Crippen molar-refractivity contribution in [1.82, 2.24) is 15.1 Å². The fourth-order valence-corrected chi connectivity index (χ4v) is 4.00. The highest BCUT2D eigenvalue weighted by Crippen LogP contribution is 2.34. The molecule has 3 rings (SSSR count). The summed E-state index contributed by atoms with van der Waals surface area (Å²) in [5.41, 5.74) is -1.50. The Morgan fingerprint density at radius 2 is 1.89 bits per heavy atom. The number of likely N-dealkylation sites (tertiary alicyclic amines) is 1. The third-order valence-electron chi connectivity index (χ3n) is 5.70. The summed E-state index contributed by atoms with van der Waals surface area (Å²) >= 11 is 0. The number of amides is 2. The van der Waals surface area contributed by atoms with Crippen molar-refractivity contribution < 1.29 is 22.8 Å². The normalized spacial score (nSPS) is 21.8. The summed E-state index contributed by atoms with van der Waals surface area (Å²) in [5.74, 6) is -0.179. The number of alkyl halides is 3. The van der Waals surface area contributed by atoms with E-state index in [4.69, 9.17) is 0 Å². The van der Waals surface area contributed by atoms with Crippen LogP contribution in [-0.2, 0) is 21.2 Å². The molecule has 0 saturated carbocycles. The predicted molar refractivity (Wildman–Crippen MR) is 98.7 cm³/mol. The van der Waals surface area contributed by atoms with E-state index in [1.165, 1.54) is 6.07 Å². The fourth-order valence-electron chi connectivity index (χ4n) is 4.00. The van der Waals surface area contributed by atoms with Gasteiger partial charge in [-0.15, -0.1) is 0 Å². The van der Waals surface area contributed by atoms with Crippen molar-refractivity contribution in [2.24, 2.45) is 0 Å². The van der Waals surface area contributed by atoms with E-state index >= 15 is 0 Å². The maximum Gasteiger partial charge on any atom is 0.416 e. The Balaban J connectivity index is 1.77. The molecule has 0 aromatic heterocycles. The summed E-state index contributed by atoms with van der Waals surface area (Å²) < 4.78 is 39.2. The van der Waals surface area contributed by atoms with E-state index < -0.39 is 17.2 Å². The van der Waals surface area contributed by atoms with E-state index in [9.17, 15) is 22.8 Å². The van der Waals surface area contributed by atoms with Gasteiger partial charge in [-0.3, -0.25) is 9.59 Å². The number of hydrogen-bond acceptors (Lipinski definition) is 3. The summed E-state index contributed by atoms with van der Waals surface area (Å²) in [6.07, 6.45) is -2.85. The van der Waals surface area contributed by atoms with Gasteiger partial charge >= 0.3 is 6.18 Å². The first-order valence-electron chi connectivity index (χ1n) is 9.58. The molecule has 28 heavy (non-hydrogen) atoms. The quantitative estimate of drug-likeness (QED) is 0.852. The third kappa shape index (κ3) is 4.16. The van der Waals surface area contributed by atoms with Gasteiger partial charge in [0.05, 0.1) is 17.5 Å². The van der Waals surface area contributed by atoms with Crippen LogP contribution in [0.4, 0.5) is 13.2 Å². The van der Waals surface area contributed by atoms with Crippen LogP contribution in [-0.4, -0.2) is 60.4 Å². The number of benzene rings is 1. The summed E-state index contributed by atoms with van der Waals surface area (Å²) in [6, 6.07) is 4.93. The van der Waals surface area contributed by atoms with E-state index in [2.05, 4.69) is 5.32 Å². The molecule has 8 heteroatoms. The van der Waals surface area contributed by atoms with Crippen molar-refractivity contribution in [2.75, 3.05) is 32.7 Å². The highest BCUT2D eigenvalue weighted by atomic mass is 19.4. The Labute approximate surface area is 162 Å². The smallest absolute Gasteiger partial charge is 0.340 e. The van der Waals surface area contributed by atoms with Crippen LogP contribution in [0.15, 0.2) is 24.3 Å². The first-order valence-corrected chi connectivity index (χ1v) is 9.58. The number of nitrogens with one attached hydrogen (secondary N) is 1. The minimum Gasteiger partial charge on any atom is -0.340 e. The minimum absolute atomic E-state index is 0.0303. The Morgan fingerprint density at radius 1 is 1.18 bits per heavy atom. The van der Waals surface area contributed by atoms with Crippen molar-refractivity contribution in [3.8, 4) is 0 Å². The van der Waals surface area contributed by atoms with Crippen LogP contribution in [0.1, 0.15) is 37.8 Å². The minimum atomic E-state index is -4.45. The molecule has 2 amide bonds. The zero-order valence-corrected chi connectivity index (χ0v) is 16.2. The van der Waals surface area contributed by atoms with Crippen molar-refractivity contribution in [1.29, 1.82) is 0 Å². The maximum absolute atomic E-state index is 13.2. The number of rotatable bonds is 3. The molecule has 2 aliphatic rings. The number of carbonyl (C=O) groups excluding carboxylic acids is 2. The van der Waals surface area contributed by atoms with Crippen LogP contribution in [0.25, 0.3) is 0 Å². The Hall–Kier alpha value is -2.09. The Morgan fingerprint density at radius 3 is 2.57 bits per heavy atom. The number of hydrogen-bond donors (Lipinski definition) is 1. The standard InChI is InChI=1S/C20H26F3N3O2/c1-19(2,14-5-3-6-15(11-14)20(21,22)23)18(28)25-9-4-7-16(13-25)26-10-8-24-12-17(26)27/h3,5-6,11,16,24H,4,7-10,12-13H2,1-2H3. The van der Waals surface area contributed by atoms with Gasteiger partial charge in [0.25, 0.3) is 0 Å². The second kappa shape index (κ2) is 7.73. The van der Waals surface area contributed by atoms with Crippen molar-refractivity contribution in [2.45, 2.75) is 44.3 Å². The first kappa shape index (κ1) is 20.6. The summed E-state index contributed by atoms with van der Waals surface area (Å²) in [6.45, 7) is 5.94. The monoisotopic (exact) mass is 397 g/mol. The van der Waals surface area contributed by atoms with Crippen molar-refractivity contribution >= 4 is 11.8 Å². The van der Waals surface area contributed by atoms with Gasteiger partial charge in [-0.25, -0.2) is 0 Å². The van der Waals surface area contributed by atoms with Crippen molar-refractivity contribution in [3.63, 3.8) is 0 Å². The van der Waals surface area contributed by atoms with Crippen molar-refractivity contribution in [3.05, 3.63) is 35.4 Å². The Bertz CT molecular complexity index is 748. The van der Waals surface area contributed by atoms with E-state index in [1.54, 1.807) is 24.8 Å². The van der Waals surface area contributed by atoms with Crippen LogP contribution in [0.5, 0.6) is 0 Å². The van der Waals surface area contributed by atoms with Crippen LogP contribution < -0.4 is 5.32 Å². The average molecular weight is 397 g/mol. The number of piperazine rings is 1. The van der Waals surface area contributed by atoms with Crippen LogP contribution in [0.2, 0.25) is 0 Å². The Kier molecular flexibility index (Phi) is 5.70. The molecule has 154 valence electrons. The highest BCUT2D eigenvalue weighted by Gasteiger charge is 2.39. The highest BCUT2D eigenvalue weighted by molar-refractivity contribution is 5.87. The third-order valence-corrected chi connectivity index (χ3v) is 5.70. The van der Waals surface area contributed by atoms with E-state index in [1.807, 2.05) is 4.90 Å². The molecule has 1 N–H and O–H groups in total. The van der Waals surface area contributed by atoms with Gasteiger partial charge in [-0.05, 0) is 38.3 Å². The average Bonchev–Trinajstić information content (AvgIpc) is 2.67. The van der Waals surface area contributed by atoms with E-state index in [0.29, 0.717) is 31.7 Å². The lowest BCUT2D eigenvalue weighted by Gasteiger charge is -2.43. The van der Waals surface area contributed by atoms with Gasteiger partial charge in [0, 0.05) is 32.2 Å². The predicted octanol–water partition coefficient (Wildman–Crippen LogP) is 2.41. The molecular formula is C20H26F3N3O2. The van der Waals surface area contributed by atoms with Gasteiger partial charge in [0.1, 0.15) is 0 Å². The molecule has 0 aliphatic carbocycles. The van der Waals surface area contributed by atoms with Gasteiger partial charge in [0.15, 0.2) is 0 Å². The van der Waals surface area contributed by atoms with Crippen LogP contribution >= 0.6 is 0 Å². The number of piperidine rings is 1. The molecule has 2 aliphatic heterocycles. The topological polar surface area (TPSA) is 52.7 Å². The molecule has 1 unspecified atom stereocenters. The molecule has 1 aromatic carbocycles. The van der Waals surface area contributed by atoms with E-state index in [0.717, 1.165) is 31.5 Å². The lowest BCUT2D eigenvalue weighted by atomic mass is 9.81. The summed E-state index contributed by atoms with van der Waals surface area (Å²) in [4.78, 5) is 28.9. The zero-order valence-electron chi connectivity index (χ0n) is 16.2. The molecule has 0 bridgehead atoms. The van der Waals surface area contributed by atoms with E-state index in [-0.39, 0.29) is 17.9 Å². The summed E-state index contributed by atoms with van der Waals surface area (Å²) in [5, 5.41) is 3.04. The molecule has 0 radical (unpaired) electrons. The maximum atomic E-state index is 13.2. The number of nitrogens with zero attached hydrogens (tertiary/aromatic N) is 2. The SMILES string of the molecule is CC(C)(C(=O)N1CCCC(N2CCNCC2=O)C1)c1cccc(C(F)(F)F)c1. The molecule has 2 fully saturated rings. The molecule has 5 nitrogen and oxygen atoms in total. The molecule has 2 saturated heterocycles. The molecular weight excluding hydrogens is 371 g/mol. The second-order valence-electron chi connectivity index (χ2n) is 8.01. The second-order valence-corrected chi connectivity index (χ2v) is 8.01. The lowest BCUT2D eigenvalue weighted by Crippen LogP contribution is -2.58. The summed E-state index contributed by atoms with van der Waals surface area (Å²) in [7, 11) is 0. The van der Waals surface area contributed by atoms with Gasteiger partial charge in [-0.2, -0.15) is 13.2 Å². The number of halogens is 3. The zero-order chi connectivity index (χ0) is 20.5. The first-order chi connectivity index (χ1) is 13.1. The lowest BCUT2D eigenvalue weighted by molar-refractivity contribution is -0.143. The van der Waals surface area contributed by atoms with Gasteiger partial charge in [-0.1, -0.05) is 18.2 Å². The van der Waals surface area contributed by atoms with Gasteiger partial charge < -0.3 is 15.1 Å². The van der Waals surface area contributed by atoms with Crippen LogP contribution in [0, 0.1) is 0 Å².